The van der Waals surface area contributed by atoms with Crippen LogP contribution in [0.3, 0.4) is 0 Å². The number of nitrogens with one attached hydrogen (secondary N) is 1. The van der Waals surface area contributed by atoms with Crippen LogP contribution in [-0.2, 0) is 4.74 Å². The van der Waals surface area contributed by atoms with Gasteiger partial charge in [-0.1, -0.05) is 26.7 Å². The van der Waals surface area contributed by atoms with E-state index in [-0.39, 0.29) is 0 Å². The predicted octanol–water partition coefficient (Wildman–Crippen LogP) is 2.33. The molecule has 3 atom stereocenters. The zero-order valence-electron chi connectivity index (χ0n) is 11.8. The van der Waals surface area contributed by atoms with Crippen molar-refractivity contribution in [3.05, 3.63) is 0 Å². The second-order valence-electron chi connectivity index (χ2n) is 6.14. The highest BCUT2D eigenvalue weighted by molar-refractivity contribution is 4.85. The van der Waals surface area contributed by atoms with Crippen molar-refractivity contribution in [2.24, 2.45) is 5.92 Å². The fraction of sp³-hybridized carbons (Fsp3) is 1.00. The molecule has 0 radical (unpaired) electrons. The minimum atomic E-state index is -0.607. The molecule has 3 nitrogen and oxygen atoms in total. The van der Waals surface area contributed by atoms with Crippen molar-refractivity contribution < 1.29 is 9.84 Å². The molecule has 17 heavy (non-hydrogen) atoms. The second-order valence-corrected chi connectivity index (χ2v) is 6.14. The summed E-state index contributed by atoms with van der Waals surface area (Å²) in [5.41, 5.74) is -0.607. The lowest BCUT2D eigenvalue weighted by Gasteiger charge is -2.34. The van der Waals surface area contributed by atoms with Crippen LogP contribution in [0.5, 0.6) is 0 Å². The van der Waals surface area contributed by atoms with Crippen molar-refractivity contribution in [1.82, 2.24) is 5.32 Å². The summed E-state index contributed by atoms with van der Waals surface area (Å²) in [6, 6.07) is 0.410. The summed E-state index contributed by atoms with van der Waals surface area (Å²) in [7, 11) is 1.79. The van der Waals surface area contributed by atoms with E-state index in [9.17, 15) is 5.11 Å². The standard InChI is InChI=1S/C14H29NO2/c1-11(2)9-14(3,16)10-15-12-7-5-6-8-13(12)17-4/h11-13,15-16H,5-10H2,1-4H3. The van der Waals surface area contributed by atoms with Gasteiger partial charge in [0.2, 0.25) is 0 Å². The third kappa shape index (κ3) is 5.36. The van der Waals surface area contributed by atoms with Gasteiger partial charge in [-0.25, -0.2) is 0 Å². The second kappa shape index (κ2) is 6.72. The Morgan fingerprint density at radius 1 is 1.35 bits per heavy atom. The van der Waals surface area contributed by atoms with E-state index in [4.69, 9.17) is 4.74 Å². The fourth-order valence-corrected chi connectivity index (χ4v) is 2.92. The van der Waals surface area contributed by atoms with Crippen molar-refractivity contribution in [3.8, 4) is 0 Å². The first-order chi connectivity index (χ1) is 7.94. The number of hydrogen-bond acceptors (Lipinski definition) is 3. The van der Waals surface area contributed by atoms with Crippen LogP contribution in [0.15, 0.2) is 0 Å². The summed E-state index contributed by atoms with van der Waals surface area (Å²) in [5, 5.41) is 13.8. The van der Waals surface area contributed by atoms with Gasteiger partial charge in [-0.05, 0) is 32.1 Å². The van der Waals surface area contributed by atoms with Gasteiger partial charge in [0.05, 0.1) is 11.7 Å². The van der Waals surface area contributed by atoms with E-state index in [0.717, 1.165) is 19.3 Å². The zero-order chi connectivity index (χ0) is 12.9. The van der Waals surface area contributed by atoms with Gasteiger partial charge in [0, 0.05) is 19.7 Å². The maximum Gasteiger partial charge on any atom is 0.0746 e. The largest absolute Gasteiger partial charge is 0.389 e. The van der Waals surface area contributed by atoms with E-state index in [2.05, 4.69) is 19.2 Å². The van der Waals surface area contributed by atoms with Crippen molar-refractivity contribution in [3.63, 3.8) is 0 Å². The van der Waals surface area contributed by atoms with Gasteiger partial charge in [0.1, 0.15) is 0 Å². The molecule has 0 heterocycles. The average molecular weight is 243 g/mol. The smallest absolute Gasteiger partial charge is 0.0746 e. The lowest BCUT2D eigenvalue weighted by atomic mass is 9.90. The van der Waals surface area contributed by atoms with Crippen LogP contribution in [0.2, 0.25) is 0 Å². The summed E-state index contributed by atoms with van der Waals surface area (Å²) in [5.74, 6) is 0.524. The Kier molecular flexibility index (Phi) is 5.90. The molecule has 1 saturated carbocycles. The average Bonchev–Trinajstić information content (AvgIpc) is 2.25. The summed E-state index contributed by atoms with van der Waals surface area (Å²) < 4.78 is 5.51. The van der Waals surface area contributed by atoms with Gasteiger partial charge in [-0.2, -0.15) is 0 Å². The first-order valence-electron chi connectivity index (χ1n) is 6.93. The van der Waals surface area contributed by atoms with Crippen LogP contribution < -0.4 is 5.32 Å². The number of methoxy groups -OCH3 is 1. The molecule has 3 unspecified atom stereocenters. The number of ether oxygens (including phenoxy) is 1. The quantitative estimate of drug-likeness (QED) is 0.752. The minimum absolute atomic E-state index is 0.318. The van der Waals surface area contributed by atoms with Crippen molar-refractivity contribution >= 4 is 0 Å². The Morgan fingerprint density at radius 3 is 2.59 bits per heavy atom. The Labute approximate surface area is 106 Å². The fourth-order valence-electron chi connectivity index (χ4n) is 2.92. The van der Waals surface area contributed by atoms with E-state index >= 15 is 0 Å². The maximum absolute atomic E-state index is 10.3. The Morgan fingerprint density at radius 2 is 2.00 bits per heavy atom. The normalized spacial score (nSPS) is 29.3. The van der Waals surface area contributed by atoms with E-state index in [1.165, 1.54) is 12.8 Å². The van der Waals surface area contributed by atoms with Gasteiger partial charge >= 0.3 is 0 Å². The number of aliphatic hydroxyl groups is 1. The number of hydrogen-bond donors (Lipinski definition) is 2. The first kappa shape index (κ1) is 14.9. The molecule has 0 aromatic carbocycles. The topological polar surface area (TPSA) is 41.5 Å². The summed E-state index contributed by atoms with van der Waals surface area (Å²) >= 11 is 0. The lowest BCUT2D eigenvalue weighted by Crippen LogP contribution is -2.49. The van der Waals surface area contributed by atoms with Crippen LogP contribution in [0.1, 0.15) is 52.9 Å². The molecule has 0 aromatic rings. The molecule has 1 aliphatic carbocycles. The molecule has 1 aliphatic rings. The minimum Gasteiger partial charge on any atom is -0.389 e. The highest BCUT2D eigenvalue weighted by Crippen LogP contribution is 2.22. The molecule has 3 heteroatoms. The Balaban J connectivity index is 2.37. The molecule has 1 fully saturated rings. The van der Waals surface area contributed by atoms with Crippen molar-refractivity contribution in [2.75, 3.05) is 13.7 Å². The van der Waals surface area contributed by atoms with Crippen LogP contribution in [-0.4, -0.2) is 36.5 Å². The van der Waals surface area contributed by atoms with Crippen LogP contribution in [0.4, 0.5) is 0 Å². The molecule has 0 spiro atoms. The zero-order valence-corrected chi connectivity index (χ0v) is 11.8. The van der Waals surface area contributed by atoms with Crippen LogP contribution in [0, 0.1) is 5.92 Å². The summed E-state index contributed by atoms with van der Waals surface area (Å²) in [4.78, 5) is 0. The lowest BCUT2D eigenvalue weighted by molar-refractivity contribution is 0.00963. The SMILES string of the molecule is COC1CCCCC1NCC(C)(O)CC(C)C. The third-order valence-corrected chi connectivity index (χ3v) is 3.60. The molecule has 0 aromatic heterocycles. The Hall–Kier alpha value is -0.120. The Bertz CT molecular complexity index is 216. The van der Waals surface area contributed by atoms with Gasteiger partial charge in [-0.3, -0.25) is 0 Å². The van der Waals surface area contributed by atoms with Gasteiger partial charge in [-0.15, -0.1) is 0 Å². The monoisotopic (exact) mass is 243 g/mol. The van der Waals surface area contributed by atoms with Gasteiger partial charge in [0.15, 0.2) is 0 Å². The van der Waals surface area contributed by atoms with Crippen LogP contribution >= 0.6 is 0 Å². The molecular weight excluding hydrogens is 214 g/mol. The summed E-state index contributed by atoms with van der Waals surface area (Å²) in [6.07, 6.45) is 5.99. The molecular formula is C14H29NO2. The predicted molar refractivity (Wildman–Crippen MR) is 71.1 cm³/mol. The summed E-state index contributed by atoms with van der Waals surface area (Å²) in [6.45, 7) is 6.88. The van der Waals surface area contributed by atoms with Gasteiger partial charge in [0.25, 0.3) is 0 Å². The molecule has 2 N–H and O–H groups in total. The molecule has 0 amide bonds. The highest BCUT2D eigenvalue weighted by atomic mass is 16.5. The molecule has 0 bridgehead atoms. The first-order valence-corrected chi connectivity index (χ1v) is 6.93. The van der Waals surface area contributed by atoms with Crippen molar-refractivity contribution in [2.45, 2.75) is 70.6 Å². The highest BCUT2D eigenvalue weighted by Gasteiger charge is 2.28. The molecule has 0 aliphatic heterocycles. The van der Waals surface area contributed by atoms with Crippen LogP contribution in [0.25, 0.3) is 0 Å². The van der Waals surface area contributed by atoms with E-state index in [0.29, 0.717) is 24.6 Å². The van der Waals surface area contributed by atoms with Crippen molar-refractivity contribution in [1.29, 1.82) is 0 Å². The molecule has 0 saturated heterocycles. The van der Waals surface area contributed by atoms with Gasteiger partial charge < -0.3 is 15.2 Å². The molecule has 1 rings (SSSR count). The van der Waals surface area contributed by atoms with E-state index in [1.807, 2.05) is 6.92 Å². The number of rotatable bonds is 6. The van der Waals surface area contributed by atoms with E-state index in [1.54, 1.807) is 7.11 Å². The maximum atomic E-state index is 10.3. The third-order valence-electron chi connectivity index (χ3n) is 3.60. The molecule has 102 valence electrons. The van der Waals surface area contributed by atoms with E-state index < -0.39 is 5.60 Å².